The highest BCUT2D eigenvalue weighted by atomic mass is 19.1. The molecule has 0 fully saturated rings. The smallest absolute Gasteiger partial charge is 0.123 e. The Balaban J connectivity index is 2.03. The predicted molar refractivity (Wildman–Crippen MR) is 74.4 cm³/mol. The summed E-state index contributed by atoms with van der Waals surface area (Å²) in [6.45, 7) is 5.19. The molecule has 2 heteroatoms. The van der Waals surface area contributed by atoms with Crippen LogP contribution in [0.4, 0.5) is 10.1 Å². The van der Waals surface area contributed by atoms with Crippen LogP contribution in [0.15, 0.2) is 54.6 Å². The van der Waals surface area contributed by atoms with Crippen LogP contribution in [-0.2, 0) is 5.41 Å². The zero-order valence-corrected chi connectivity index (χ0v) is 10.8. The van der Waals surface area contributed by atoms with Crippen molar-refractivity contribution in [2.75, 3.05) is 11.9 Å². The Morgan fingerprint density at radius 3 is 2.17 bits per heavy atom. The van der Waals surface area contributed by atoms with Crippen molar-refractivity contribution < 1.29 is 4.39 Å². The van der Waals surface area contributed by atoms with Crippen molar-refractivity contribution in [3.05, 3.63) is 66.0 Å². The minimum Gasteiger partial charge on any atom is -0.384 e. The summed E-state index contributed by atoms with van der Waals surface area (Å²) < 4.78 is 12.8. The van der Waals surface area contributed by atoms with Gasteiger partial charge in [-0.3, -0.25) is 0 Å². The van der Waals surface area contributed by atoms with Gasteiger partial charge in [0.1, 0.15) is 5.82 Å². The lowest BCUT2D eigenvalue weighted by atomic mass is 9.84. The van der Waals surface area contributed by atoms with Gasteiger partial charge in [0, 0.05) is 17.6 Å². The second kappa shape index (κ2) is 5.21. The summed E-state index contributed by atoms with van der Waals surface area (Å²) in [4.78, 5) is 0. The Morgan fingerprint density at radius 2 is 1.56 bits per heavy atom. The van der Waals surface area contributed by atoms with Crippen LogP contribution in [0.5, 0.6) is 0 Å². The van der Waals surface area contributed by atoms with E-state index < -0.39 is 0 Å². The molecule has 2 rings (SSSR count). The largest absolute Gasteiger partial charge is 0.384 e. The van der Waals surface area contributed by atoms with Gasteiger partial charge >= 0.3 is 0 Å². The zero-order valence-electron chi connectivity index (χ0n) is 10.8. The third kappa shape index (κ3) is 3.10. The number of anilines is 1. The molecule has 0 bridgehead atoms. The van der Waals surface area contributed by atoms with Crippen LogP contribution in [-0.4, -0.2) is 6.54 Å². The predicted octanol–water partition coefficient (Wildman–Crippen LogP) is 4.22. The lowest BCUT2D eigenvalue weighted by molar-refractivity contribution is 0.557. The molecule has 0 aliphatic rings. The average molecular weight is 243 g/mol. The summed E-state index contributed by atoms with van der Waals surface area (Å²) >= 11 is 0. The Morgan fingerprint density at radius 1 is 0.944 bits per heavy atom. The lowest BCUT2D eigenvalue weighted by Gasteiger charge is -2.26. The summed E-state index contributed by atoms with van der Waals surface area (Å²) in [5, 5.41) is 3.34. The molecule has 0 atom stereocenters. The minimum absolute atomic E-state index is 0.0373. The number of hydrogen-bond donors (Lipinski definition) is 1. The van der Waals surface area contributed by atoms with Gasteiger partial charge in [0.05, 0.1) is 0 Å². The molecule has 0 saturated heterocycles. The SMILES string of the molecule is CC(C)(CNc1ccc(F)cc1)c1ccccc1. The number of hydrogen-bond acceptors (Lipinski definition) is 1. The monoisotopic (exact) mass is 243 g/mol. The Hall–Kier alpha value is -1.83. The molecular weight excluding hydrogens is 225 g/mol. The van der Waals surface area contributed by atoms with Crippen LogP contribution in [0, 0.1) is 5.82 Å². The topological polar surface area (TPSA) is 12.0 Å². The quantitative estimate of drug-likeness (QED) is 0.848. The van der Waals surface area contributed by atoms with Crippen molar-refractivity contribution in [1.82, 2.24) is 0 Å². The minimum atomic E-state index is -0.206. The molecule has 0 aliphatic carbocycles. The molecule has 1 nitrogen and oxygen atoms in total. The van der Waals surface area contributed by atoms with E-state index in [1.165, 1.54) is 17.7 Å². The summed E-state index contributed by atoms with van der Waals surface area (Å²) in [6, 6.07) is 16.8. The van der Waals surface area contributed by atoms with Gasteiger partial charge in [-0.1, -0.05) is 44.2 Å². The Labute approximate surface area is 108 Å². The lowest BCUT2D eigenvalue weighted by Crippen LogP contribution is -2.27. The molecule has 0 radical (unpaired) electrons. The van der Waals surface area contributed by atoms with E-state index in [-0.39, 0.29) is 11.2 Å². The summed E-state index contributed by atoms with van der Waals surface area (Å²) in [6.07, 6.45) is 0. The third-order valence-corrected chi connectivity index (χ3v) is 3.13. The van der Waals surface area contributed by atoms with Gasteiger partial charge in [-0.2, -0.15) is 0 Å². The van der Waals surface area contributed by atoms with Gasteiger partial charge in [-0.05, 0) is 29.8 Å². The molecule has 0 unspecified atom stereocenters. The number of nitrogens with one attached hydrogen (secondary N) is 1. The second-order valence-corrected chi connectivity index (χ2v) is 5.11. The summed E-state index contributed by atoms with van der Waals surface area (Å²) in [7, 11) is 0. The van der Waals surface area contributed by atoms with E-state index in [2.05, 4.69) is 43.4 Å². The molecule has 18 heavy (non-hydrogen) atoms. The van der Waals surface area contributed by atoms with Crippen LogP contribution in [0.2, 0.25) is 0 Å². The van der Waals surface area contributed by atoms with Gasteiger partial charge in [0.25, 0.3) is 0 Å². The molecule has 2 aromatic rings. The van der Waals surface area contributed by atoms with Crippen LogP contribution in [0.3, 0.4) is 0 Å². The molecule has 0 heterocycles. The molecule has 0 saturated carbocycles. The molecule has 94 valence electrons. The fourth-order valence-corrected chi connectivity index (χ4v) is 1.88. The van der Waals surface area contributed by atoms with Gasteiger partial charge in [0.15, 0.2) is 0 Å². The van der Waals surface area contributed by atoms with E-state index in [1.807, 2.05) is 6.07 Å². The van der Waals surface area contributed by atoms with Crippen molar-refractivity contribution in [2.45, 2.75) is 19.3 Å². The van der Waals surface area contributed by atoms with Crippen LogP contribution in [0.1, 0.15) is 19.4 Å². The number of benzene rings is 2. The van der Waals surface area contributed by atoms with Crippen molar-refractivity contribution >= 4 is 5.69 Å². The number of halogens is 1. The van der Waals surface area contributed by atoms with Crippen molar-refractivity contribution in [3.63, 3.8) is 0 Å². The van der Waals surface area contributed by atoms with Gasteiger partial charge in [-0.15, -0.1) is 0 Å². The fourth-order valence-electron chi connectivity index (χ4n) is 1.88. The van der Waals surface area contributed by atoms with Crippen molar-refractivity contribution in [3.8, 4) is 0 Å². The Kier molecular flexibility index (Phi) is 3.66. The van der Waals surface area contributed by atoms with Crippen LogP contribution >= 0.6 is 0 Å². The van der Waals surface area contributed by atoms with E-state index in [4.69, 9.17) is 0 Å². The zero-order chi connectivity index (χ0) is 13.0. The van der Waals surface area contributed by atoms with E-state index in [0.717, 1.165) is 12.2 Å². The van der Waals surface area contributed by atoms with Crippen LogP contribution < -0.4 is 5.32 Å². The van der Waals surface area contributed by atoms with Crippen molar-refractivity contribution in [1.29, 1.82) is 0 Å². The molecule has 0 aromatic heterocycles. The maximum atomic E-state index is 12.8. The Bertz CT molecular complexity index is 488. The molecular formula is C16H18FN. The maximum absolute atomic E-state index is 12.8. The summed E-state index contributed by atoms with van der Waals surface area (Å²) in [5.74, 6) is -0.206. The first-order chi connectivity index (χ1) is 8.58. The van der Waals surface area contributed by atoms with E-state index >= 15 is 0 Å². The second-order valence-electron chi connectivity index (χ2n) is 5.11. The first-order valence-electron chi connectivity index (χ1n) is 6.13. The highest BCUT2D eigenvalue weighted by molar-refractivity contribution is 5.44. The summed E-state index contributed by atoms with van der Waals surface area (Å²) in [5.41, 5.74) is 2.27. The highest BCUT2D eigenvalue weighted by Crippen LogP contribution is 2.23. The third-order valence-electron chi connectivity index (χ3n) is 3.13. The fraction of sp³-hybridized carbons (Fsp3) is 0.250. The number of rotatable bonds is 4. The standard InChI is InChI=1S/C16H18FN/c1-16(2,13-6-4-3-5-7-13)12-18-15-10-8-14(17)9-11-15/h3-11,18H,12H2,1-2H3. The van der Waals surface area contributed by atoms with Gasteiger partial charge in [0.2, 0.25) is 0 Å². The first-order valence-corrected chi connectivity index (χ1v) is 6.13. The molecule has 1 N–H and O–H groups in total. The van der Waals surface area contributed by atoms with E-state index in [0.29, 0.717) is 0 Å². The average Bonchev–Trinajstić information content (AvgIpc) is 2.39. The van der Waals surface area contributed by atoms with Crippen LogP contribution in [0.25, 0.3) is 0 Å². The molecule has 2 aromatic carbocycles. The van der Waals surface area contributed by atoms with Crippen molar-refractivity contribution in [2.24, 2.45) is 0 Å². The maximum Gasteiger partial charge on any atom is 0.123 e. The molecule has 0 spiro atoms. The first kappa shape index (κ1) is 12.6. The molecule has 0 amide bonds. The van der Waals surface area contributed by atoms with E-state index in [9.17, 15) is 4.39 Å². The van der Waals surface area contributed by atoms with Gasteiger partial charge in [-0.25, -0.2) is 4.39 Å². The van der Waals surface area contributed by atoms with Gasteiger partial charge < -0.3 is 5.32 Å². The van der Waals surface area contributed by atoms with E-state index in [1.54, 1.807) is 12.1 Å². The molecule has 0 aliphatic heterocycles. The normalized spacial score (nSPS) is 11.3. The highest BCUT2D eigenvalue weighted by Gasteiger charge is 2.19.